The second-order valence-corrected chi connectivity index (χ2v) is 3.30. The summed E-state index contributed by atoms with van der Waals surface area (Å²) in [6, 6.07) is 2.19. The fraction of sp³-hybridized carbons (Fsp3) is 0.182. The van der Waals surface area contributed by atoms with Gasteiger partial charge in [0.15, 0.2) is 0 Å². The highest BCUT2D eigenvalue weighted by molar-refractivity contribution is 5.88. The first-order valence-electron chi connectivity index (χ1n) is 4.42. The zero-order chi connectivity index (χ0) is 11.6. The molecule has 0 aromatic heterocycles. The number of nitrogens with two attached hydrogens (primary N) is 1. The molecule has 0 aliphatic heterocycles. The third kappa shape index (κ3) is 2.16. The summed E-state index contributed by atoms with van der Waals surface area (Å²) in [5, 5.41) is 18.5. The fourth-order valence-corrected chi connectivity index (χ4v) is 1.31. The second kappa shape index (κ2) is 4.14. The molecule has 0 fully saturated rings. The Hall–Kier alpha value is -1.81. The van der Waals surface area contributed by atoms with Crippen molar-refractivity contribution in [3.63, 3.8) is 0 Å². The molecule has 4 N–H and O–H groups in total. The lowest BCUT2D eigenvalue weighted by atomic mass is 9.99. The molecule has 4 heteroatoms. The number of aryl methyl sites for hydroxylation is 1. The van der Waals surface area contributed by atoms with Crippen LogP contribution in [0.2, 0.25) is 0 Å². The molecule has 0 saturated carbocycles. The molecule has 0 heterocycles. The quantitative estimate of drug-likeness (QED) is 0.657. The van der Waals surface area contributed by atoms with Gasteiger partial charge in [-0.3, -0.25) is 0 Å². The van der Waals surface area contributed by atoms with Crippen molar-refractivity contribution in [1.29, 1.82) is 0 Å². The van der Waals surface area contributed by atoms with Crippen molar-refractivity contribution in [3.8, 4) is 5.75 Å². The van der Waals surface area contributed by atoms with Crippen molar-refractivity contribution in [2.45, 2.75) is 13.0 Å². The Kier molecular flexibility index (Phi) is 3.11. The van der Waals surface area contributed by atoms with E-state index in [1.54, 1.807) is 6.92 Å². The molecule has 15 heavy (non-hydrogen) atoms. The predicted molar refractivity (Wildman–Crippen MR) is 56.9 cm³/mol. The molecule has 0 aliphatic carbocycles. The highest BCUT2D eigenvalue weighted by atomic mass is 16.4. The van der Waals surface area contributed by atoms with Crippen molar-refractivity contribution in [3.05, 3.63) is 41.5 Å². The Labute approximate surface area is 87.7 Å². The number of aromatic hydroxyl groups is 1. The molecular weight excluding hydrogens is 194 g/mol. The van der Waals surface area contributed by atoms with Crippen molar-refractivity contribution >= 4 is 5.97 Å². The molecule has 0 bridgehead atoms. The van der Waals surface area contributed by atoms with Gasteiger partial charge in [0.25, 0.3) is 0 Å². The van der Waals surface area contributed by atoms with Crippen LogP contribution >= 0.6 is 0 Å². The molecule has 1 atom stereocenters. The molecule has 80 valence electrons. The number of hydrogen-bond donors (Lipinski definition) is 3. The summed E-state index contributed by atoms with van der Waals surface area (Å²) in [5.74, 6) is -1.02. The Balaban J connectivity index is 3.37. The first-order chi connectivity index (χ1) is 6.97. The van der Waals surface area contributed by atoms with E-state index < -0.39 is 12.0 Å². The zero-order valence-electron chi connectivity index (χ0n) is 8.40. The van der Waals surface area contributed by atoms with Gasteiger partial charge in [0, 0.05) is 5.56 Å². The van der Waals surface area contributed by atoms with Crippen LogP contribution in [0, 0.1) is 6.92 Å². The van der Waals surface area contributed by atoms with Gasteiger partial charge in [0.2, 0.25) is 0 Å². The van der Waals surface area contributed by atoms with Crippen molar-refractivity contribution in [1.82, 2.24) is 0 Å². The van der Waals surface area contributed by atoms with Gasteiger partial charge in [0.05, 0.1) is 11.6 Å². The number of carboxylic acid groups (broad SMARTS) is 1. The summed E-state index contributed by atoms with van der Waals surface area (Å²) >= 11 is 0. The summed E-state index contributed by atoms with van der Waals surface area (Å²) in [4.78, 5) is 10.8. The average Bonchev–Trinajstić information content (AvgIpc) is 2.20. The minimum Gasteiger partial charge on any atom is -0.507 e. The van der Waals surface area contributed by atoms with Gasteiger partial charge in [-0.2, -0.15) is 0 Å². The summed E-state index contributed by atoms with van der Waals surface area (Å²) in [7, 11) is 0. The number of carbonyl (C=O) groups is 1. The molecular formula is C11H13NO3. The van der Waals surface area contributed by atoms with E-state index >= 15 is 0 Å². The number of hydrogen-bond acceptors (Lipinski definition) is 3. The lowest BCUT2D eigenvalue weighted by molar-refractivity contribution is 0.0696. The van der Waals surface area contributed by atoms with Gasteiger partial charge in [-0.1, -0.05) is 6.08 Å². The molecule has 1 aromatic rings. The van der Waals surface area contributed by atoms with E-state index in [1.807, 2.05) is 0 Å². The molecule has 1 aromatic carbocycles. The summed E-state index contributed by atoms with van der Waals surface area (Å²) in [6.07, 6.45) is 1.44. The molecule has 0 aliphatic rings. The minimum atomic E-state index is -1.05. The van der Waals surface area contributed by atoms with Gasteiger partial charge in [-0.05, 0) is 24.6 Å². The molecule has 1 rings (SSSR count). The molecule has 0 spiro atoms. The van der Waals surface area contributed by atoms with Crippen molar-refractivity contribution < 1.29 is 15.0 Å². The van der Waals surface area contributed by atoms with Crippen LogP contribution < -0.4 is 5.73 Å². The van der Waals surface area contributed by atoms with E-state index in [4.69, 9.17) is 10.8 Å². The summed E-state index contributed by atoms with van der Waals surface area (Å²) in [5.41, 5.74) is 6.64. The predicted octanol–water partition coefficient (Wildman–Crippen LogP) is 1.58. The number of phenolic OH excluding ortho intramolecular Hbond substituents is 1. The number of phenols is 1. The Morgan fingerprint density at radius 1 is 1.60 bits per heavy atom. The SMILES string of the molecule is C=C[C@H](N)c1cc(C(=O)O)cc(C)c1O. The molecule has 0 unspecified atom stereocenters. The number of aromatic carboxylic acids is 1. The maximum absolute atomic E-state index is 10.8. The van der Waals surface area contributed by atoms with Crippen molar-refractivity contribution in [2.75, 3.05) is 0 Å². The normalized spacial score (nSPS) is 12.1. The lowest BCUT2D eigenvalue weighted by Crippen LogP contribution is -2.09. The first kappa shape index (κ1) is 11.3. The fourth-order valence-electron chi connectivity index (χ4n) is 1.31. The number of carboxylic acids is 1. The average molecular weight is 207 g/mol. The van der Waals surface area contributed by atoms with E-state index in [9.17, 15) is 9.90 Å². The van der Waals surface area contributed by atoms with Crippen LogP contribution in [0.5, 0.6) is 5.75 Å². The zero-order valence-corrected chi connectivity index (χ0v) is 8.40. The van der Waals surface area contributed by atoms with Gasteiger partial charge < -0.3 is 15.9 Å². The molecule has 0 amide bonds. The largest absolute Gasteiger partial charge is 0.507 e. The Bertz CT molecular complexity index is 413. The third-order valence-electron chi connectivity index (χ3n) is 2.19. The van der Waals surface area contributed by atoms with Crippen LogP contribution in [-0.4, -0.2) is 16.2 Å². The highest BCUT2D eigenvalue weighted by Gasteiger charge is 2.14. The maximum atomic E-state index is 10.8. The Morgan fingerprint density at radius 2 is 2.20 bits per heavy atom. The van der Waals surface area contributed by atoms with Gasteiger partial charge in [-0.25, -0.2) is 4.79 Å². The standard InChI is InChI=1S/C11H13NO3/c1-3-9(12)8-5-7(11(14)15)4-6(2)10(8)13/h3-5,9,13H,1,12H2,2H3,(H,14,15)/t9-/m0/s1. The summed E-state index contributed by atoms with van der Waals surface area (Å²) < 4.78 is 0. The van der Waals surface area contributed by atoms with Crippen molar-refractivity contribution in [2.24, 2.45) is 5.73 Å². The lowest BCUT2D eigenvalue weighted by Gasteiger charge is -2.12. The van der Waals surface area contributed by atoms with E-state index in [0.717, 1.165) is 0 Å². The maximum Gasteiger partial charge on any atom is 0.335 e. The van der Waals surface area contributed by atoms with Crippen LogP contribution in [0.1, 0.15) is 27.5 Å². The summed E-state index contributed by atoms with van der Waals surface area (Å²) in [6.45, 7) is 5.12. The minimum absolute atomic E-state index is 0.0207. The number of benzene rings is 1. The van der Waals surface area contributed by atoms with Gasteiger partial charge in [-0.15, -0.1) is 6.58 Å². The number of rotatable bonds is 3. The van der Waals surface area contributed by atoms with Gasteiger partial charge in [0.1, 0.15) is 5.75 Å². The van der Waals surface area contributed by atoms with E-state index in [1.165, 1.54) is 18.2 Å². The van der Waals surface area contributed by atoms with E-state index in [2.05, 4.69) is 6.58 Å². The van der Waals surface area contributed by atoms with Crippen LogP contribution in [0.15, 0.2) is 24.8 Å². The third-order valence-corrected chi connectivity index (χ3v) is 2.19. The van der Waals surface area contributed by atoms with Crippen LogP contribution in [-0.2, 0) is 0 Å². The van der Waals surface area contributed by atoms with E-state index in [-0.39, 0.29) is 11.3 Å². The first-order valence-corrected chi connectivity index (χ1v) is 4.42. The molecule has 4 nitrogen and oxygen atoms in total. The van der Waals surface area contributed by atoms with Crippen LogP contribution in [0.25, 0.3) is 0 Å². The topological polar surface area (TPSA) is 83.6 Å². The van der Waals surface area contributed by atoms with Crippen LogP contribution in [0.3, 0.4) is 0 Å². The molecule has 0 saturated heterocycles. The van der Waals surface area contributed by atoms with Gasteiger partial charge >= 0.3 is 5.97 Å². The monoisotopic (exact) mass is 207 g/mol. The Morgan fingerprint density at radius 3 is 2.67 bits per heavy atom. The van der Waals surface area contributed by atoms with Crippen LogP contribution in [0.4, 0.5) is 0 Å². The smallest absolute Gasteiger partial charge is 0.335 e. The molecule has 0 radical (unpaired) electrons. The van der Waals surface area contributed by atoms with E-state index in [0.29, 0.717) is 11.1 Å². The second-order valence-electron chi connectivity index (χ2n) is 3.30. The highest BCUT2D eigenvalue weighted by Crippen LogP contribution is 2.28.